The monoisotopic (exact) mass is 541 g/mol. The van der Waals surface area contributed by atoms with Gasteiger partial charge in [-0.15, -0.1) is 0 Å². The fraction of sp³-hybridized carbons (Fsp3) is 0.952. The summed E-state index contributed by atoms with van der Waals surface area (Å²) in [5.41, 5.74) is 0. The van der Waals surface area contributed by atoms with E-state index in [4.69, 9.17) is 28.8 Å². The summed E-state index contributed by atoms with van der Waals surface area (Å²) in [4.78, 5) is 11.4. The van der Waals surface area contributed by atoms with Gasteiger partial charge in [0.15, 0.2) is 12.6 Å². The number of carbonyl (C=O) groups is 1. The highest BCUT2D eigenvalue weighted by molar-refractivity contribution is 5.73. The van der Waals surface area contributed by atoms with E-state index in [2.05, 4.69) is 5.32 Å². The Morgan fingerprint density at radius 2 is 1.49 bits per heavy atom. The first-order chi connectivity index (χ1) is 17.6. The molecule has 0 amide bonds. The fourth-order valence-corrected chi connectivity index (χ4v) is 5.28. The molecule has 0 aliphatic carbocycles. The van der Waals surface area contributed by atoms with Crippen molar-refractivity contribution in [1.29, 1.82) is 0 Å². The summed E-state index contributed by atoms with van der Waals surface area (Å²) >= 11 is 0. The molecule has 0 radical (unpaired) electrons. The summed E-state index contributed by atoms with van der Waals surface area (Å²) in [5, 5.41) is 92.3. The number of carboxylic acid groups (broad SMARTS) is 1. The van der Waals surface area contributed by atoms with Crippen LogP contribution in [0.4, 0.5) is 0 Å². The standard InChI is InChI=1S/C21H35NO15/c23-3-8(26)16-13(29)14(30)20(35-16)37-18-12(28)10(5-25)34-21(18)36-17-11(27)9(4-24)33-15(17)6-1-7(19(31)32)22-2-6/h6-18,20-30H,1-5H2,(H,31,32)/t6-,7+,8+,9-,10-,11-,12-,13+,14+,15+,16-,17+,18+,20+,21+/m0/s1. The molecule has 0 bridgehead atoms. The number of aliphatic hydroxyl groups is 8. The van der Waals surface area contributed by atoms with Crippen LogP contribution in [0.5, 0.6) is 0 Å². The summed E-state index contributed by atoms with van der Waals surface area (Å²) in [6, 6.07) is -0.839. The Hall–Kier alpha value is -1.09. The van der Waals surface area contributed by atoms with Gasteiger partial charge in [-0.1, -0.05) is 0 Å². The highest BCUT2D eigenvalue weighted by Gasteiger charge is 2.56. The van der Waals surface area contributed by atoms with Crippen molar-refractivity contribution in [3.05, 3.63) is 0 Å². The summed E-state index contributed by atoms with van der Waals surface area (Å²) in [6.45, 7) is -1.74. The lowest BCUT2D eigenvalue weighted by molar-refractivity contribution is -0.266. The average Bonchev–Trinajstić information content (AvgIpc) is 3.63. The molecule has 4 aliphatic heterocycles. The van der Waals surface area contributed by atoms with Gasteiger partial charge in [-0.25, -0.2) is 0 Å². The van der Waals surface area contributed by atoms with E-state index in [1.165, 1.54) is 0 Å². The molecular weight excluding hydrogens is 506 g/mol. The third-order valence-electron chi connectivity index (χ3n) is 7.36. The molecule has 0 unspecified atom stereocenters. The first kappa shape index (κ1) is 28.9. The van der Waals surface area contributed by atoms with Crippen molar-refractivity contribution in [2.75, 3.05) is 26.4 Å². The summed E-state index contributed by atoms with van der Waals surface area (Å²) in [5.74, 6) is -1.48. The Balaban J connectivity index is 1.50. The third kappa shape index (κ3) is 5.64. The summed E-state index contributed by atoms with van der Waals surface area (Å²) in [6.07, 6.45) is -17.7. The van der Waals surface area contributed by atoms with Gasteiger partial charge in [0.2, 0.25) is 0 Å². The largest absolute Gasteiger partial charge is 0.480 e. The van der Waals surface area contributed by atoms with Crippen molar-refractivity contribution >= 4 is 5.97 Å². The number of rotatable bonds is 10. The number of nitrogens with one attached hydrogen (secondary N) is 1. The maximum absolute atomic E-state index is 11.4. The maximum atomic E-state index is 11.4. The van der Waals surface area contributed by atoms with Gasteiger partial charge in [-0.05, 0) is 6.42 Å². The van der Waals surface area contributed by atoms with E-state index in [-0.39, 0.29) is 13.0 Å². The Morgan fingerprint density at radius 3 is 2.08 bits per heavy atom. The molecule has 214 valence electrons. The van der Waals surface area contributed by atoms with Crippen LogP contribution in [0.15, 0.2) is 0 Å². The Bertz CT molecular complexity index is 776. The van der Waals surface area contributed by atoms with Gasteiger partial charge >= 0.3 is 5.97 Å². The molecule has 0 saturated carbocycles. The Labute approximate surface area is 210 Å². The topological polar surface area (TPSA) is 257 Å². The van der Waals surface area contributed by atoms with Crippen LogP contribution < -0.4 is 5.32 Å². The van der Waals surface area contributed by atoms with E-state index < -0.39 is 117 Å². The lowest BCUT2D eigenvalue weighted by Crippen LogP contribution is -2.47. The quantitative estimate of drug-likeness (QED) is 0.123. The van der Waals surface area contributed by atoms with Crippen LogP contribution in [-0.4, -0.2) is 164 Å². The molecule has 0 aromatic carbocycles. The number of hydrogen-bond donors (Lipinski definition) is 10. The van der Waals surface area contributed by atoms with Crippen molar-refractivity contribution in [3.63, 3.8) is 0 Å². The van der Waals surface area contributed by atoms with Crippen LogP contribution >= 0.6 is 0 Å². The molecule has 0 aromatic rings. The molecule has 4 aliphatic rings. The molecule has 4 fully saturated rings. The van der Waals surface area contributed by atoms with Crippen LogP contribution in [0.25, 0.3) is 0 Å². The molecule has 0 spiro atoms. The normalized spacial score (nSPS) is 49.1. The zero-order valence-corrected chi connectivity index (χ0v) is 19.7. The van der Waals surface area contributed by atoms with E-state index in [0.717, 1.165) is 0 Å². The van der Waals surface area contributed by atoms with Crippen LogP contribution in [0.2, 0.25) is 0 Å². The van der Waals surface area contributed by atoms with E-state index in [0.29, 0.717) is 0 Å². The maximum Gasteiger partial charge on any atom is 0.320 e. The minimum atomic E-state index is -1.68. The molecule has 16 heteroatoms. The molecule has 4 heterocycles. The average molecular weight is 542 g/mol. The molecule has 15 atom stereocenters. The molecule has 4 rings (SSSR count). The van der Waals surface area contributed by atoms with Crippen LogP contribution in [0.1, 0.15) is 6.42 Å². The van der Waals surface area contributed by atoms with Crippen molar-refractivity contribution in [2.24, 2.45) is 5.92 Å². The zero-order chi connectivity index (χ0) is 27.0. The van der Waals surface area contributed by atoms with Crippen LogP contribution in [0, 0.1) is 5.92 Å². The zero-order valence-electron chi connectivity index (χ0n) is 19.7. The number of aliphatic hydroxyl groups excluding tert-OH is 8. The Morgan fingerprint density at radius 1 is 0.865 bits per heavy atom. The minimum Gasteiger partial charge on any atom is -0.480 e. The van der Waals surface area contributed by atoms with Gasteiger partial charge in [-0.2, -0.15) is 0 Å². The Kier molecular flexibility index (Phi) is 9.35. The predicted molar refractivity (Wildman–Crippen MR) is 115 cm³/mol. The first-order valence-corrected chi connectivity index (χ1v) is 12.1. The molecule has 10 N–H and O–H groups in total. The van der Waals surface area contributed by atoms with Gasteiger partial charge in [-0.3, -0.25) is 4.79 Å². The fourth-order valence-electron chi connectivity index (χ4n) is 5.28. The second kappa shape index (κ2) is 12.0. The van der Waals surface area contributed by atoms with Crippen molar-refractivity contribution in [2.45, 2.75) is 92.2 Å². The van der Waals surface area contributed by atoms with Crippen molar-refractivity contribution in [1.82, 2.24) is 5.32 Å². The number of ether oxygens (including phenoxy) is 5. The SMILES string of the molecule is O=C(O)[C@H]1C[C@H]([C@H]2O[C@@H](CO)[C@H](O)[C@H]2O[C@H]2O[C@@H](CO)[C@H](O)[C@H]2O[C@H]2O[C@@H]([C@H](O)CO)[C@H](O)[C@H]2O)CN1. The molecular formula is C21H35NO15. The molecule has 16 nitrogen and oxygen atoms in total. The smallest absolute Gasteiger partial charge is 0.320 e. The van der Waals surface area contributed by atoms with Crippen molar-refractivity contribution < 1.29 is 74.4 Å². The number of carboxylic acids is 1. The number of hydrogen-bond acceptors (Lipinski definition) is 15. The molecule has 4 saturated heterocycles. The van der Waals surface area contributed by atoms with Gasteiger partial charge in [0.1, 0.15) is 67.1 Å². The van der Waals surface area contributed by atoms with Gasteiger partial charge in [0.05, 0.1) is 25.9 Å². The van der Waals surface area contributed by atoms with Crippen molar-refractivity contribution in [3.8, 4) is 0 Å². The van der Waals surface area contributed by atoms with E-state index in [1.807, 2.05) is 0 Å². The second-order valence-electron chi connectivity index (χ2n) is 9.72. The van der Waals surface area contributed by atoms with E-state index >= 15 is 0 Å². The summed E-state index contributed by atoms with van der Waals surface area (Å²) in [7, 11) is 0. The first-order valence-electron chi connectivity index (χ1n) is 12.1. The number of aliphatic carboxylic acids is 1. The third-order valence-corrected chi connectivity index (χ3v) is 7.36. The highest BCUT2D eigenvalue weighted by Crippen LogP contribution is 2.37. The minimum absolute atomic E-state index is 0.159. The van der Waals surface area contributed by atoms with E-state index in [9.17, 15) is 45.6 Å². The molecule has 37 heavy (non-hydrogen) atoms. The van der Waals surface area contributed by atoms with Gasteiger partial charge in [0.25, 0.3) is 0 Å². The predicted octanol–water partition coefficient (Wildman–Crippen LogP) is -6.18. The summed E-state index contributed by atoms with van der Waals surface area (Å²) < 4.78 is 28.3. The lowest BCUT2D eigenvalue weighted by Gasteiger charge is -2.31. The van der Waals surface area contributed by atoms with Crippen LogP contribution in [-0.2, 0) is 28.5 Å². The van der Waals surface area contributed by atoms with Gasteiger partial charge in [0, 0.05) is 12.5 Å². The highest BCUT2D eigenvalue weighted by atomic mass is 16.8. The second-order valence-corrected chi connectivity index (χ2v) is 9.72. The van der Waals surface area contributed by atoms with E-state index in [1.54, 1.807) is 0 Å². The molecule has 0 aromatic heterocycles. The lowest BCUT2D eigenvalue weighted by atomic mass is 9.93. The van der Waals surface area contributed by atoms with Crippen LogP contribution in [0.3, 0.4) is 0 Å². The van der Waals surface area contributed by atoms with Gasteiger partial charge < -0.3 is 75.0 Å².